The van der Waals surface area contributed by atoms with E-state index in [1.807, 2.05) is 6.07 Å². The van der Waals surface area contributed by atoms with Gasteiger partial charge >= 0.3 is 0 Å². The highest BCUT2D eigenvalue weighted by Crippen LogP contribution is 2.29. The van der Waals surface area contributed by atoms with Crippen LogP contribution in [-0.4, -0.2) is 31.1 Å². The first-order valence-electron chi connectivity index (χ1n) is 8.00. The molecule has 1 N–H and O–H groups in total. The van der Waals surface area contributed by atoms with Crippen molar-refractivity contribution in [1.82, 2.24) is 10.2 Å². The molecule has 1 unspecified atom stereocenters. The topological polar surface area (TPSA) is 15.3 Å². The first kappa shape index (κ1) is 17.3. The SMILES string of the molecule is CCNC(CCN(C)C1CCCC1)c1ccc(Br)cc1Cl. The smallest absolute Gasteiger partial charge is 0.0465 e. The van der Waals surface area contributed by atoms with Crippen LogP contribution in [0.5, 0.6) is 0 Å². The van der Waals surface area contributed by atoms with Crippen molar-refractivity contribution in [3.05, 3.63) is 33.3 Å². The van der Waals surface area contributed by atoms with E-state index in [-0.39, 0.29) is 0 Å². The summed E-state index contributed by atoms with van der Waals surface area (Å²) in [7, 11) is 2.27. The molecule has 118 valence electrons. The lowest BCUT2D eigenvalue weighted by atomic mass is 10.0. The Morgan fingerprint density at radius 2 is 2.10 bits per heavy atom. The minimum absolute atomic E-state index is 0.333. The first-order valence-corrected chi connectivity index (χ1v) is 9.17. The van der Waals surface area contributed by atoms with Gasteiger partial charge in [-0.2, -0.15) is 0 Å². The Kier molecular flexibility index (Phi) is 7.00. The van der Waals surface area contributed by atoms with Crippen LogP contribution in [0.1, 0.15) is 50.6 Å². The average molecular weight is 374 g/mol. The fourth-order valence-corrected chi connectivity index (χ4v) is 4.06. The Balaban J connectivity index is 1.97. The van der Waals surface area contributed by atoms with Crippen molar-refractivity contribution >= 4 is 27.5 Å². The van der Waals surface area contributed by atoms with Crippen LogP contribution < -0.4 is 5.32 Å². The summed E-state index contributed by atoms with van der Waals surface area (Å²) in [5.41, 5.74) is 1.21. The number of rotatable bonds is 7. The van der Waals surface area contributed by atoms with Crippen LogP contribution in [0.15, 0.2) is 22.7 Å². The van der Waals surface area contributed by atoms with Crippen molar-refractivity contribution in [2.24, 2.45) is 0 Å². The third kappa shape index (κ3) is 4.95. The van der Waals surface area contributed by atoms with Gasteiger partial charge in [0.25, 0.3) is 0 Å². The van der Waals surface area contributed by atoms with Gasteiger partial charge < -0.3 is 10.2 Å². The van der Waals surface area contributed by atoms with Crippen molar-refractivity contribution in [2.45, 2.75) is 51.1 Å². The minimum atomic E-state index is 0.333. The summed E-state index contributed by atoms with van der Waals surface area (Å²) >= 11 is 9.90. The molecule has 0 radical (unpaired) electrons. The molecule has 1 aromatic carbocycles. The Morgan fingerprint density at radius 3 is 2.71 bits per heavy atom. The summed E-state index contributed by atoms with van der Waals surface area (Å²) in [6, 6.07) is 7.32. The lowest BCUT2D eigenvalue weighted by molar-refractivity contribution is 0.232. The third-order valence-corrected chi connectivity index (χ3v) is 5.33. The van der Waals surface area contributed by atoms with Gasteiger partial charge in [0.1, 0.15) is 0 Å². The van der Waals surface area contributed by atoms with Gasteiger partial charge in [0.05, 0.1) is 0 Å². The zero-order valence-corrected chi connectivity index (χ0v) is 15.4. The van der Waals surface area contributed by atoms with Crippen molar-refractivity contribution in [1.29, 1.82) is 0 Å². The summed E-state index contributed by atoms with van der Waals surface area (Å²) < 4.78 is 1.04. The minimum Gasteiger partial charge on any atom is -0.310 e. The largest absolute Gasteiger partial charge is 0.310 e. The Bertz CT molecular complexity index is 446. The van der Waals surface area contributed by atoms with E-state index in [1.54, 1.807) is 0 Å². The molecule has 4 heteroatoms. The fraction of sp³-hybridized carbons (Fsp3) is 0.647. The lowest BCUT2D eigenvalue weighted by Gasteiger charge is -2.27. The zero-order chi connectivity index (χ0) is 15.2. The number of hydrogen-bond acceptors (Lipinski definition) is 2. The molecule has 0 bridgehead atoms. The van der Waals surface area contributed by atoms with Gasteiger partial charge in [-0.05, 0) is 57.1 Å². The maximum absolute atomic E-state index is 6.42. The molecule has 0 aliphatic heterocycles. The van der Waals surface area contributed by atoms with E-state index < -0.39 is 0 Å². The molecular formula is C17H26BrClN2. The van der Waals surface area contributed by atoms with E-state index in [9.17, 15) is 0 Å². The molecular weight excluding hydrogens is 348 g/mol. The molecule has 0 amide bonds. The molecule has 1 aliphatic carbocycles. The molecule has 0 spiro atoms. The lowest BCUT2D eigenvalue weighted by Crippen LogP contribution is -2.33. The van der Waals surface area contributed by atoms with Crippen LogP contribution in [0.25, 0.3) is 0 Å². The Labute approximate surface area is 142 Å². The van der Waals surface area contributed by atoms with Gasteiger partial charge in [0.15, 0.2) is 0 Å². The molecule has 1 saturated carbocycles. The number of hydrogen-bond donors (Lipinski definition) is 1. The number of benzene rings is 1. The van der Waals surface area contributed by atoms with Gasteiger partial charge in [-0.3, -0.25) is 0 Å². The molecule has 1 aliphatic rings. The van der Waals surface area contributed by atoms with Crippen LogP contribution >= 0.6 is 27.5 Å². The van der Waals surface area contributed by atoms with Crippen LogP contribution in [-0.2, 0) is 0 Å². The second-order valence-electron chi connectivity index (χ2n) is 5.98. The van der Waals surface area contributed by atoms with E-state index in [4.69, 9.17) is 11.6 Å². The molecule has 2 rings (SSSR count). The van der Waals surface area contributed by atoms with E-state index in [0.717, 1.165) is 35.0 Å². The molecule has 1 aromatic rings. The molecule has 0 heterocycles. The summed E-state index contributed by atoms with van der Waals surface area (Å²) in [4.78, 5) is 2.53. The second kappa shape index (κ2) is 8.52. The zero-order valence-electron chi connectivity index (χ0n) is 13.0. The molecule has 0 aromatic heterocycles. The molecule has 1 atom stereocenters. The summed E-state index contributed by atoms with van der Waals surface area (Å²) in [6.07, 6.45) is 6.61. The number of nitrogens with one attached hydrogen (secondary N) is 1. The van der Waals surface area contributed by atoms with Gasteiger partial charge in [0.2, 0.25) is 0 Å². The van der Waals surface area contributed by atoms with Crippen LogP contribution in [0.2, 0.25) is 5.02 Å². The van der Waals surface area contributed by atoms with Gasteiger partial charge in [-0.1, -0.05) is 53.4 Å². The highest BCUT2D eigenvalue weighted by atomic mass is 79.9. The van der Waals surface area contributed by atoms with E-state index in [1.165, 1.54) is 31.2 Å². The highest BCUT2D eigenvalue weighted by Gasteiger charge is 2.21. The summed E-state index contributed by atoms with van der Waals surface area (Å²) in [5.74, 6) is 0. The standard InChI is InChI=1S/C17H26BrClN2/c1-3-20-17(15-9-8-13(18)12-16(15)19)10-11-21(2)14-6-4-5-7-14/h8-9,12,14,17,20H,3-7,10-11H2,1-2H3. The average Bonchev–Trinajstić information content (AvgIpc) is 2.98. The molecule has 0 saturated heterocycles. The maximum atomic E-state index is 6.42. The van der Waals surface area contributed by atoms with Gasteiger partial charge in [0, 0.05) is 21.6 Å². The van der Waals surface area contributed by atoms with E-state index in [2.05, 4.69) is 52.3 Å². The normalized spacial score (nSPS) is 17.6. The Hall–Kier alpha value is -0.0900. The predicted molar refractivity (Wildman–Crippen MR) is 95.1 cm³/mol. The van der Waals surface area contributed by atoms with Crippen LogP contribution in [0, 0.1) is 0 Å². The molecule has 21 heavy (non-hydrogen) atoms. The van der Waals surface area contributed by atoms with Crippen molar-refractivity contribution in [3.8, 4) is 0 Å². The maximum Gasteiger partial charge on any atom is 0.0465 e. The number of halogens is 2. The van der Waals surface area contributed by atoms with Crippen LogP contribution in [0.4, 0.5) is 0 Å². The van der Waals surface area contributed by atoms with E-state index >= 15 is 0 Å². The third-order valence-electron chi connectivity index (χ3n) is 4.51. The summed E-state index contributed by atoms with van der Waals surface area (Å²) in [5, 5.41) is 4.42. The van der Waals surface area contributed by atoms with Gasteiger partial charge in [-0.15, -0.1) is 0 Å². The van der Waals surface area contributed by atoms with Crippen LogP contribution in [0.3, 0.4) is 0 Å². The van der Waals surface area contributed by atoms with E-state index in [0.29, 0.717) is 6.04 Å². The molecule has 1 fully saturated rings. The second-order valence-corrected chi connectivity index (χ2v) is 7.31. The monoisotopic (exact) mass is 372 g/mol. The van der Waals surface area contributed by atoms with Crippen molar-refractivity contribution < 1.29 is 0 Å². The summed E-state index contributed by atoms with van der Waals surface area (Å²) in [6.45, 7) is 4.24. The van der Waals surface area contributed by atoms with Gasteiger partial charge in [-0.25, -0.2) is 0 Å². The highest BCUT2D eigenvalue weighted by molar-refractivity contribution is 9.10. The fourth-order valence-electron chi connectivity index (χ4n) is 3.26. The van der Waals surface area contributed by atoms with Crippen molar-refractivity contribution in [3.63, 3.8) is 0 Å². The number of nitrogens with zero attached hydrogens (tertiary/aromatic N) is 1. The first-order chi connectivity index (χ1) is 10.1. The molecule has 2 nitrogen and oxygen atoms in total. The predicted octanol–water partition coefficient (Wildman–Crippen LogP) is 5.02. The Morgan fingerprint density at radius 1 is 1.38 bits per heavy atom. The van der Waals surface area contributed by atoms with Crippen molar-refractivity contribution in [2.75, 3.05) is 20.1 Å². The quantitative estimate of drug-likeness (QED) is 0.722.